The fraction of sp³-hybridized carbons (Fsp3) is 0.263. The lowest BCUT2D eigenvalue weighted by Crippen LogP contribution is -2.45. The summed E-state index contributed by atoms with van der Waals surface area (Å²) in [5, 5.41) is 4.06. The summed E-state index contributed by atoms with van der Waals surface area (Å²) in [5.41, 5.74) is 9.26. The normalized spacial score (nSPS) is 10.2. The van der Waals surface area contributed by atoms with Crippen LogP contribution in [0.3, 0.4) is 0 Å². The van der Waals surface area contributed by atoms with Crippen molar-refractivity contribution in [2.75, 3.05) is 11.9 Å². The van der Waals surface area contributed by atoms with Crippen LogP contribution in [0, 0.1) is 13.8 Å². The zero-order chi connectivity index (χ0) is 19.1. The SMILES string of the molecule is CCc1cccc(C)c1NC(=S)NNC(=O)COc1ccc(Cl)cc1C. The monoisotopic (exact) mass is 391 g/mol. The van der Waals surface area contributed by atoms with Crippen LogP contribution in [0.25, 0.3) is 0 Å². The Morgan fingerprint density at radius 1 is 1.15 bits per heavy atom. The van der Waals surface area contributed by atoms with Gasteiger partial charge in [-0.05, 0) is 67.4 Å². The number of benzene rings is 2. The van der Waals surface area contributed by atoms with Crippen LogP contribution >= 0.6 is 23.8 Å². The van der Waals surface area contributed by atoms with Gasteiger partial charge in [0.1, 0.15) is 5.75 Å². The van der Waals surface area contributed by atoms with Gasteiger partial charge in [-0.25, -0.2) is 0 Å². The van der Waals surface area contributed by atoms with Crippen LogP contribution in [0.4, 0.5) is 5.69 Å². The van der Waals surface area contributed by atoms with E-state index in [0.717, 1.165) is 28.8 Å². The van der Waals surface area contributed by atoms with Crippen molar-refractivity contribution in [2.45, 2.75) is 27.2 Å². The third kappa shape index (κ3) is 5.61. The largest absolute Gasteiger partial charge is 0.483 e. The fourth-order valence-corrected chi connectivity index (χ4v) is 2.81. The second-order valence-corrected chi connectivity index (χ2v) is 6.63. The molecule has 0 bridgehead atoms. The minimum Gasteiger partial charge on any atom is -0.483 e. The molecule has 2 aromatic carbocycles. The van der Waals surface area contributed by atoms with E-state index >= 15 is 0 Å². The molecule has 5 nitrogen and oxygen atoms in total. The van der Waals surface area contributed by atoms with Crippen molar-refractivity contribution in [3.63, 3.8) is 0 Å². The highest BCUT2D eigenvalue weighted by molar-refractivity contribution is 7.80. The van der Waals surface area contributed by atoms with E-state index in [1.165, 1.54) is 0 Å². The van der Waals surface area contributed by atoms with Gasteiger partial charge in [-0.3, -0.25) is 15.6 Å². The van der Waals surface area contributed by atoms with Gasteiger partial charge in [0, 0.05) is 10.7 Å². The van der Waals surface area contributed by atoms with E-state index < -0.39 is 0 Å². The predicted molar refractivity (Wildman–Crippen MR) is 110 cm³/mol. The zero-order valence-electron chi connectivity index (χ0n) is 15.0. The van der Waals surface area contributed by atoms with E-state index in [0.29, 0.717) is 15.9 Å². The first kappa shape index (κ1) is 20.0. The van der Waals surface area contributed by atoms with Crippen LogP contribution in [0.15, 0.2) is 36.4 Å². The number of carbonyl (C=O) groups is 1. The molecular weight excluding hydrogens is 370 g/mol. The molecular formula is C19H22ClN3O2S. The van der Waals surface area contributed by atoms with E-state index in [1.807, 2.05) is 32.0 Å². The smallest absolute Gasteiger partial charge is 0.276 e. The molecule has 26 heavy (non-hydrogen) atoms. The van der Waals surface area contributed by atoms with E-state index in [1.54, 1.807) is 18.2 Å². The number of para-hydroxylation sites is 1. The summed E-state index contributed by atoms with van der Waals surface area (Å²) in [6.07, 6.45) is 0.882. The number of thiocarbonyl (C=S) groups is 1. The minimum atomic E-state index is -0.344. The molecule has 138 valence electrons. The first-order chi connectivity index (χ1) is 12.4. The van der Waals surface area contributed by atoms with E-state index in [9.17, 15) is 4.79 Å². The standard InChI is InChI=1S/C19H22ClN3O2S/c1-4-14-7-5-6-12(2)18(14)21-19(26)23-22-17(24)11-25-16-9-8-15(20)10-13(16)3/h5-10H,4,11H2,1-3H3,(H,22,24)(H2,21,23,26). The summed E-state index contributed by atoms with van der Waals surface area (Å²) in [6.45, 7) is 5.81. The molecule has 0 spiro atoms. The Morgan fingerprint density at radius 2 is 1.92 bits per heavy atom. The van der Waals surface area contributed by atoms with Crippen molar-refractivity contribution in [1.29, 1.82) is 0 Å². The lowest BCUT2D eigenvalue weighted by molar-refractivity contribution is -0.123. The Labute approximate surface area is 164 Å². The Kier molecular flexibility index (Phi) is 7.24. The van der Waals surface area contributed by atoms with Gasteiger partial charge in [0.25, 0.3) is 5.91 Å². The van der Waals surface area contributed by atoms with Crippen molar-refractivity contribution in [3.8, 4) is 5.75 Å². The molecule has 0 fully saturated rings. The van der Waals surface area contributed by atoms with E-state index in [4.69, 9.17) is 28.6 Å². The highest BCUT2D eigenvalue weighted by Crippen LogP contribution is 2.22. The molecule has 1 amide bonds. The average Bonchev–Trinajstić information content (AvgIpc) is 2.61. The summed E-state index contributed by atoms with van der Waals surface area (Å²) in [5.74, 6) is 0.266. The topological polar surface area (TPSA) is 62.4 Å². The molecule has 0 heterocycles. The minimum absolute atomic E-state index is 0.136. The number of halogens is 1. The van der Waals surface area contributed by atoms with Crippen LogP contribution in [-0.2, 0) is 11.2 Å². The Hall–Kier alpha value is -2.31. The molecule has 2 aromatic rings. The first-order valence-corrected chi connectivity index (χ1v) is 9.02. The van der Waals surface area contributed by atoms with Crippen LogP contribution in [-0.4, -0.2) is 17.6 Å². The molecule has 2 rings (SSSR count). The molecule has 0 saturated heterocycles. The average molecular weight is 392 g/mol. The number of nitrogens with one attached hydrogen (secondary N) is 3. The predicted octanol–water partition coefficient (Wildman–Crippen LogP) is 3.92. The number of carbonyl (C=O) groups excluding carboxylic acids is 1. The number of hydrazine groups is 1. The van der Waals surface area contributed by atoms with Crippen LogP contribution in [0.2, 0.25) is 5.02 Å². The van der Waals surface area contributed by atoms with Crippen molar-refractivity contribution >= 4 is 40.5 Å². The zero-order valence-corrected chi connectivity index (χ0v) is 16.6. The van der Waals surface area contributed by atoms with Gasteiger partial charge in [0.15, 0.2) is 11.7 Å². The van der Waals surface area contributed by atoms with Crippen molar-refractivity contribution in [2.24, 2.45) is 0 Å². The number of anilines is 1. The second kappa shape index (κ2) is 9.40. The maximum atomic E-state index is 11.9. The number of aryl methyl sites for hydroxylation is 3. The highest BCUT2D eigenvalue weighted by Gasteiger charge is 2.08. The highest BCUT2D eigenvalue weighted by atomic mass is 35.5. The van der Waals surface area contributed by atoms with Gasteiger partial charge in [-0.15, -0.1) is 0 Å². The molecule has 7 heteroatoms. The number of rotatable bonds is 5. The Bertz CT molecular complexity index is 811. The van der Waals surface area contributed by atoms with Crippen molar-refractivity contribution < 1.29 is 9.53 Å². The van der Waals surface area contributed by atoms with Gasteiger partial charge in [0.05, 0.1) is 0 Å². The van der Waals surface area contributed by atoms with Gasteiger partial charge in [0.2, 0.25) is 0 Å². The first-order valence-electron chi connectivity index (χ1n) is 8.24. The van der Waals surface area contributed by atoms with Gasteiger partial charge in [-0.1, -0.05) is 36.7 Å². The Morgan fingerprint density at radius 3 is 2.62 bits per heavy atom. The second-order valence-electron chi connectivity index (χ2n) is 5.79. The fourth-order valence-electron chi connectivity index (χ4n) is 2.43. The van der Waals surface area contributed by atoms with Crippen molar-refractivity contribution in [1.82, 2.24) is 10.9 Å². The van der Waals surface area contributed by atoms with Gasteiger partial charge >= 0.3 is 0 Å². The van der Waals surface area contributed by atoms with Crippen LogP contribution < -0.4 is 20.9 Å². The third-order valence-electron chi connectivity index (χ3n) is 3.79. The van der Waals surface area contributed by atoms with E-state index in [-0.39, 0.29) is 12.5 Å². The van der Waals surface area contributed by atoms with Crippen LogP contribution in [0.1, 0.15) is 23.6 Å². The van der Waals surface area contributed by atoms with Crippen LogP contribution in [0.5, 0.6) is 5.75 Å². The third-order valence-corrected chi connectivity index (χ3v) is 4.23. The maximum absolute atomic E-state index is 11.9. The molecule has 0 aliphatic carbocycles. The van der Waals surface area contributed by atoms with E-state index in [2.05, 4.69) is 23.1 Å². The summed E-state index contributed by atoms with van der Waals surface area (Å²) >= 11 is 11.1. The summed E-state index contributed by atoms with van der Waals surface area (Å²) < 4.78 is 5.49. The number of hydrogen-bond donors (Lipinski definition) is 3. The lowest BCUT2D eigenvalue weighted by atomic mass is 10.1. The van der Waals surface area contributed by atoms with Gasteiger partial charge in [-0.2, -0.15) is 0 Å². The molecule has 0 radical (unpaired) electrons. The molecule has 0 unspecified atom stereocenters. The summed E-state index contributed by atoms with van der Waals surface area (Å²) in [4.78, 5) is 11.9. The summed E-state index contributed by atoms with van der Waals surface area (Å²) in [6, 6.07) is 11.3. The molecule has 0 aliphatic rings. The number of ether oxygens (including phenoxy) is 1. The van der Waals surface area contributed by atoms with Gasteiger partial charge < -0.3 is 10.1 Å². The number of amides is 1. The quantitative estimate of drug-likeness (QED) is 0.532. The molecule has 0 aliphatic heterocycles. The number of hydrogen-bond acceptors (Lipinski definition) is 3. The van der Waals surface area contributed by atoms with Crippen molar-refractivity contribution in [3.05, 3.63) is 58.1 Å². The maximum Gasteiger partial charge on any atom is 0.276 e. The molecule has 3 N–H and O–H groups in total. The molecule has 0 aromatic heterocycles. The summed E-state index contributed by atoms with van der Waals surface area (Å²) in [7, 11) is 0. The molecule has 0 atom stereocenters. The Balaban J connectivity index is 1.83. The lowest BCUT2D eigenvalue weighted by Gasteiger charge is -2.16. The molecule has 0 saturated carbocycles.